The van der Waals surface area contributed by atoms with Crippen molar-refractivity contribution in [2.45, 2.75) is 146 Å². The van der Waals surface area contributed by atoms with Crippen LogP contribution in [-0.4, -0.2) is 128 Å². The fraction of sp³-hybridized carbons (Fsp3) is 0.466. The van der Waals surface area contributed by atoms with Crippen molar-refractivity contribution in [1.29, 1.82) is 0 Å². The zero-order chi connectivity index (χ0) is 52.9. The van der Waals surface area contributed by atoms with E-state index in [0.717, 1.165) is 27.8 Å². The predicted molar refractivity (Wildman–Crippen MR) is 277 cm³/mol. The minimum atomic E-state index is -1.36. The van der Waals surface area contributed by atoms with Crippen molar-refractivity contribution in [3.63, 3.8) is 0 Å². The van der Waals surface area contributed by atoms with E-state index in [1.807, 2.05) is 159 Å². The molecule has 3 N–H and O–H groups in total. The van der Waals surface area contributed by atoms with Gasteiger partial charge in [-0.2, -0.15) is 0 Å². The van der Waals surface area contributed by atoms with E-state index in [-0.39, 0.29) is 65.8 Å². The number of carbonyl (C=O) groups excluding carboxylic acids is 1. The van der Waals surface area contributed by atoms with Crippen LogP contribution >= 0.6 is 0 Å². The molecule has 76 heavy (non-hydrogen) atoms. The average molecular weight is 1050 g/mol. The van der Waals surface area contributed by atoms with Crippen LogP contribution in [0.1, 0.15) is 54.5 Å². The predicted octanol–water partition coefficient (Wildman–Crippen LogP) is 7.47. The van der Waals surface area contributed by atoms with Gasteiger partial charge in [-0.1, -0.05) is 157 Å². The average Bonchev–Trinajstić information content (AvgIpc) is 3.44. The van der Waals surface area contributed by atoms with E-state index in [1.54, 1.807) is 0 Å². The molecule has 0 radical (unpaired) electrons. The number of hydrogen-bond acceptors (Lipinski definition) is 15. The molecule has 3 saturated heterocycles. The van der Waals surface area contributed by atoms with Crippen molar-refractivity contribution in [2.24, 2.45) is 5.11 Å². The summed E-state index contributed by atoms with van der Waals surface area (Å²) in [5.41, 5.74) is 13.6. The third-order valence-electron chi connectivity index (χ3n) is 13.3. The lowest BCUT2D eigenvalue weighted by molar-refractivity contribution is -0.375. The summed E-state index contributed by atoms with van der Waals surface area (Å²) in [6, 6.07) is 47.4. The number of nitrogens with zero attached hydrogens (tertiary/aromatic N) is 3. The van der Waals surface area contributed by atoms with Gasteiger partial charge >= 0.3 is 0 Å². The van der Waals surface area contributed by atoms with Crippen LogP contribution in [0.5, 0.6) is 0 Å². The van der Waals surface area contributed by atoms with E-state index >= 15 is 0 Å². The summed E-state index contributed by atoms with van der Waals surface area (Å²) in [5, 5.41) is 29.6. The Balaban J connectivity index is 1.16. The molecule has 3 aliphatic rings. The number of nitrogens with one attached hydrogen (secondary N) is 1. The minimum Gasteiger partial charge on any atom is -0.390 e. The second-order valence-electron chi connectivity index (χ2n) is 19.1. The van der Waals surface area contributed by atoms with Gasteiger partial charge in [0, 0.05) is 31.4 Å². The van der Waals surface area contributed by atoms with Crippen LogP contribution in [0.25, 0.3) is 10.4 Å². The van der Waals surface area contributed by atoms with E-state index < -0.39 is 91.9 Å². The second kappa shape index (κ2) is 29.8. The number of carbonyl (C=O) groups is 1. The van der Waals surface area contributed by atoms with Crippen LogP contribution in [0.2, 0.25) is 0 Å². The molecule has 0 spiro atoms. The van der Waals surface area contributed by atoms with Crippen molar-refractivity contribution in [1.82, 2.24) is 5.32 Å². The first-order valence-corrected chi connectivity index (χ1v) is 25.9. The summed E-state index contributed by atoms with van der Waals surface area (Å²) in [5.74, 6) is -0.441. The molecular weight excluding hydrogens is 977 g/mol. The van der Waals surface area contributed by atoms with Crippen molar-refractivity contribution in [3.05, 3.63) is 190 Å². The lowest BCUT2D eigenvalue weighted by atomic mass is 9.94. The summed E-state index contributed by atoms with van der Waals surface area (Å²) in [7, 11) is 0. The van der Waals surface area contributed by atoms with Crippen LogP contribution in [0.4, 0.5) is 0 Å². The Morgan fingerprint density at radius 2 is 1.03 bits per heavy atom. The van der Waals surface area contributed by atoms with Gasteiger partial charge in [-0.15, -0.1) is 0 Å². The largest absolute Gasteiger partial charge is 0.390 e. The van der Waals surface area contributed by atoms with E-state index in [0.29, 0.717) is 6.42 Å². The maximum absolute atomic E-state index is 13.4. The number of azide groups is 1. The summed E-state index contributed by atoms with van der Waals surface area (Å²) in [4.78, 5) is 16.3. The molecule has 18 heteroatoms. The molecule has 6 unspecified atom stereocenters. The van der Waals surface area contributed by atoms with Crippen LogP contribution in [0.15, 0.2) is 157 Å². The van der Waals surface area contributed by atoms with Gasteiger partial charge in [0.15, 0.2) is 18.9 Å². The molecule has 3 heterocycles. The molecule has 14 atom stereocenters. The molecule has 18 nitrogen and oxygen atoms in total. The summed E-state index contributed by atoms with van der Waals surface area (Å²) in [6.07, 6.45) is -13.5. The lowest BCUT2D eigenvalue weighted by Gasteiger charge is -2.51. The van der Waals surface area contributed by atoms with Crippen LogP contribution in [0, 0.1) is 0 Å². The lowest BCUT2D eigenvalue weighted by Crippen LogP contribution is -2.69. The van der Waals surface area contributed by atoms with Crippen LogP contribution < -0.4 is 5.32 Å². The standard InChI is InChI=1S/C58H70N4O14/c1-39-51(69-34-43-23-12-5-13-24-43)54(70-35-44-25-14-6-15-26-44)55(71-36-45-27-16-7-17-28-45)58(72-39)76-53-50(61-40(2)63)57(68-30-18-29-60-62-59)74-49(38-67-33-42-21-10-4-11-22-42)52(53)75-56-47(65)31-46(64)48(73-56)37-66-32-41-19-8-3-9-20-41/h3-17,19-28,39,46-58,64-65H,18,29-38H2,1-2H3,(H,61,63)/t39?,46-,47?,48?,49?,50?,51-,52-,53-,54+,55?,56+,57-,58+/m1/s1. The minimum absolute atomic E-state index is 0.0141. The number of rotatable bonds is 27. The second-order valence-corrected chi connectivity index (χ2v) is 19.1. The van der Waals surface area contributed by atoms with Gasteiger partial charge in [0.05, 0.1) is 58.5 Å². The van der Waals surface area contributed by atoms with Gasteiger partial charge in [-0.3, -0.25) is 4.79 Å². The quantitative estimate of drug-likeness (QED) is 0.0201. The Hall–Kier alpha value is -5.64. The topological polar surface area (TPSA) is 220 Å². The Bertz CT molecular complexity index is 2480. The Morgan fingerprint density at radius 1 is 0.566 bits per heavy atom. The van der Waals surface area contributed by atoms with Gasteiger partial charge in [0.2, 0.25) is 5.91 Å². The van der Waals surface area contributed by atoms with Crippen LogP contribution in [0.3, 0.4) is 0 Å². The van der Waals surface area contributed by atoms with Crippen LogP contribution in [-0.2, 0) is 89.9 Å². The third-order valence-corrected chi connectivity index (χ3v) is 13.3. The van der Waals surface area contributed by atoms with Crippen molar-refractivity contribution < 1.29 is 67.1 Å². The number of benzene rings is 5. The van der Waals surface area contributed by atoms with Crippen molar-refractivity contribution in [2.75, 3.05) is 26.4 Å². The molecule has 3 fully saturated rings. The molecule has 1 amide bonds. The van der Waals surface area contributed by atoms with Crippen molar-refractivity contribution in [3.8, 4) is 0 Å². The van der Waals surface area contributed by atoms with E-state index in [1.165, 1.54) is 6.92 Å². The zero-order valence-corrected chi connectivity index (χ0v) is 42.9. The maximum atomic E-state index is 13.4. The number of aliphatic hydroxyl groups is 2. The normalized spacial score (nSPS) is 28.5. The first-order valence-electron chi connectivity index (χ1n) is 25.9. The van der Waals surface area contributed by atoms with Gasteiger partial charge in [-0.25, -0.2) is 0 Å². The number of aliphatic hydroxyl groups excluding tert-OH is 2. The molecule has 0 bridgehead atoms. The fourth-order valence-corrected chi connectivity index (χ4v) is 9.43. The molecule has 0 aromatic heterocycles. The molecule has 3 aliphatic heterocycles. The van der Waals surface area contributed by atoms with E-state index in [4.69, 9.17) is 57.6 Å². The molecule has 5 aromatic rings. The number of amides is 1. The van der Waals surface area contributed by atoms with E-state index in [2.05, 4.69) is 15.3 Å². The smallest absolute Gasteiger partial charge is 0.217 e. The monoisotopic (exact) mass is 1050 g/mol. The van der Waals surface area contributed by atoms with Crippen molar-refractivity contribution >= 4 is 5.91 Å². The molecule has 406 valence electrons. The van der Waals surface area contributed by atoms with E-state index in [9.17, 15) is 15.0 Å². The molecule has 0 aliphatic carbocycles. The molecular formula is C58H70N4O14. The summed E-state index contributed by atoms with van der Waals surface area (Å²) >= 11 is 0. The van der Waals surface area contributed by atoms with Gasteiger partial charge < -0.3 is 67.6 Å². The fourth-order valence-electron chi connectivity index (χ4n) is 9.43. The van der Waals surface area contributed by atoms with Gasteiger partial charge in [0.25, 0.3) is 0 Å². The first-order chi connectivity index (χ1) is 37.2. The molecule has 0 saturated carbocycles. The number of ether oxygens (including phenoxy) is 11. The molecule has 8 rings (SSSR count). The Kier molecular flexibility index (Phi) is 22.1. The summed E-state index contributed by atoms with van der Waals surface area (Å²) in [6.45, 7) is 4.40. The highest BCUT2D eigenvalue weighted by Gasteiger charge is 2.55. The molecule has 5 aromatic carbocycles. The van der Waals surface area contributed by atoms with Gasteiger partial charge in [0.1, 0.15) is 54.9 Å². The highest BCUT2D eigenvalue weighted by molar-refractivity contribution is 5.73. The third kappa shape index (κ3) is 16.7. The Morgan fingerprint density at radius 3 is 1.54 bits per heavy atom. The summed E-state index contributed by atoms with van der Waals surface area (Å²) < 4.78 is 73.7. The maximum Gasteiger partial charge on any atom is 0.217 e. The highest BCUT2D eigenvalue weighted by Crippen LogP contribution is 2.37. The van der Waals surface area contributed by atoms with Gasteiger partial charge in [-0.05, 0) is 46.7 Å². The Labute approximate surface area is 444 Å². The number of hydrogen-bond donors (Lipinski definition) is 3. The zero-order valence-electron chi connectivity index (χ0n) is 42.9. The highest BCUT2D eigenvalue weighted by atomic mass is 16.8. The SMILES string of the molecule is CC(=O)NC1[C@H](OCCCN=[N+]=[N-])OC(COCc2ccccc2)[C@@H](O[C@@H]2OC(COCc3ccccc3)[C@H](O)CC2O)[C@@H]1O[C@@H]1OC(C)[C@@H](OCc2ccccc2)[C@H](OCc2ccccc2)C1OCc1ccccc1. The first kappa shape index (κ1) is 56.6.